The van der Waals surface area contributed by atoms with Crippen LogP contribution in [-0.4, -0.2) is 30.3 Å². The second-order valence-electron chi connectivity index (χ2n) is 5.65. The molecule has 0 aromatic heterocycles. The topological polar surface area (TPSA) is 35.5 Å². The van der Waals surface area contributed by atoms with Crippen LogP contribution in [-0.2, 0) is 6.54 Å². The SMILES string of the molecule is OC1CCN(c2ccc(F)cc2CNC2CC2)CC1. The first-order chi connectivity index (χ1) is 9.22. The van der Waals surface area contributed by atoms with E-state index in [-0.39, 0.29) is 11.9 Å². The van der Waals surface area contributed by atoms with Gasteiger partial charge in [0, 0.05) is 31.4 Å². The van der Waals surface area contributed by atoms with Crippen LogP contribution < -0.4 is 10.2 Å². The molecule has 1 aliphatic carbocycles. The van der Waals surface area contributed by atoms with Crippen molar-refractivity contribution in [2.24, 2.45) is 0 Å². The number of nitrogens with zero attached hydrogens (tertiary/aromatic N) is 1. The van der Waals surface area contributed by atoms with Crippen molar-refractivity contribution < 1.29 is 9.50 Å². The van der Waals surface area contributed by atoms with Crippen LogP contribution in [0.25, 0.3) is 0 Å². The predicted molar refractivity (Wildman–Crippen MR) is 73.7 cm³/mol. The molecule has 1 aliphatic heterocycles. The lowest BCUT2D eigenvalue weighted by molar-refractivity contribution is 0.145. The Hall–Kier alpha value is -1.13. The Labute approximate surface area is 113 Å². The van der Waals surface area contributed by atoms with Crippen molar-refractivity contribution >= 4 is 5.69 Å². The Kier molecular flexibility index (Phi) is 3.71. The largest absolute Gasteiger partial charge is 0.393 e. The van der Waals surface area contributed by atoms with E-state index in [9.17, 15) is 9.50 Å². The van der Waals surface area contributed by atoms with Gasteiger partial charge in [0.25, 0.3) is 0 Å². The summed E-state index contributed by atoms with van der Waals surface area (Å²) in [5, 5.41) is 13.0. The maximum absolute atomic E-state index is 13.4. The summed E-state index contributed by atoms with van der Waals surface area (Å²) in [5.74, 6) is -0.173. The summed E-state index contributed by atoms with van der Waals surface area (Å²) in [6, 6.07) is 5.66. The standard InChI is InChI=1S/C15H21FN2O/c16-12-1-4-15(18-7-5-14(19)6-8-18)11(9-12)10-17-13-2-3-13/h1,4,9,13-14,17,19H,2-3,5-8,10H2. The summed E-state index contributed by atoms with van der Waals surface area (Å²) in [6.07, 6.45) is 3.89. The molecule has 1 heterocycles. The molecule has 0 atom stereocenters. The highest BCUT2D eigenvalue weighted by molar-refractivity contribution is 5.54. The number of benzene rings is 1. The van der Waals surface area contributed by atoms with Gasteiger partial charge < -0.3 is 15.3 Å². The summed E-state index contributed by atoms with van der Waals surface area (Å²) < 4.78 is 13.4. The Morgan fingerprint density at radius 2 is 1.95 bits per heavy atom. The van der Waals surface area contributed by atoms with E-state index < -0.39 is 0 Å². The van der Waals surface area contributed by atoms with Gasteiger partial charge in [-0.1, -0.05) is 0 Å². The number of anilines is 1. The monoisotopic (exact) mass is 264 g/mol. The third-order valence-corrected chi connectivity index (χ3v) is 4.01. The Morgan fingerprint density at radius 1 is 1.21 bits per heavy atom. The van der Waals surface area contributed by atoms with Crippen LogP contribution in [0.5, 0.6) is 0 Å². The highest BCUT2D eigenvalue weighted by Crippen LogP contribution is 2.26. The predicted octanol–water partition coefficient (Wildman–Crippen LogP) is 2.04. The molecule has 0 unspecified atom stereocenters. The molecule has 1 aromatic carbocycles. The van der Waals surface area contributed by atoms with E-state index in [0.717, 1.165) is 43.7 Å². The fourth-order valence-electron chi connectivity index (χ4n) is 2.65. The maximum Gasteiger partial charge on any atom is 0.123 e. The van der Waals surface area contributed by atoms with Crippen LogP contribution in [0.3, 0.4) is 0 Å². The zero-order chi connectivity index (χ0) is 13.2. The lowest BCUT2D eigenvalue weighted by Crippen LogP contribution is -2.36. The number of halogens is 1. The first-order valence-electron chi connectivity index (χ1n) is 7.17. The summed E-state index contributed by atoms with van der Waals surface area (Å²) in [7, 11) is 0. The molecule has 2 N–H and O–H groups in total. The first-order valence-corrected chi connectivity index (χ1v) is 7.17. The molecule has 104 valence electrons. The summed E-state index contributed by atoms with van der Waals surface area (Å²) in [6.45, 7) is 2.43. The minimum absolute atomic E-state index is 0.173. The molecule has 1 saturated heterocycles. The molecule has 4 heteroatoms. The number of piperidine rings is 1. The van der Waals surface area contributed by atoms with Crippen molar-refractivity contribution in [2.45, 2.75) is 44.4 Å². The fraction of sp³-hybridized carbons (Fsp3) is 0.600. The second-order valence-corrected chi connectivity index (χ2v) is 5.65. The third kappa shape index (κ3) is 3.25. The van der Waals surface area contributed by atoms with E-state index in [1.165, 1.54) is 18.9 Å². The van der Waals surface area contributed by atoms with Crippen LogP contribution in [0, 0.1) is 5.82 Å². The number of rotatable bonds is 4. The summed E-state index contributed by atoms with van der Waals surface area (Å²) in [4.78, 5) is 2.26. The van der Waals surface area contributed by atoms with Gasteiger partial charge in [-0.15, -0.1) is 0 Å². The average molecular weight is 264 g/mol. The quantitative estimate of drug-likeness (QED) is 0.873. The number of aliphatic hydroxyl groups is 1. The van der Waals surface area contributed by atoms with Crippen LogP contribution in [0.1, 0.15) is 31.2 Å². The van der Waals surface area contributed by atoms with Crippen molar-refractivity contribution in [1.29, 1.82) is 0 Å². The van der Waals surface area contributed by atoms with Gasteiger partial charge in [-0.25, -0.2) is 4.39 Å². The van der Waals surface area contributed by atoms with Gasteiger partial charge in [0.05, 0.1) is 6.10 Å². The molecule has 2 fully saturated rings. The van der Waals surface area contributed by atoms with Gasteiger partial charge in [-0.3, -0.25) is 0 Å². The number of hydrogen-bond donors (Lipinski definition) is 2. The highest BCUT2D eigenvalue weighted by atomic mass is 19.1. The summed E-state index contributed by atoms with van der Waals surface area (Å²) in [5.41, 5.74) is 2.14. The Bertz CT molecular complexity index is 440. The molecule has 2 aliphatic rings. The zero-order valence-corrected chi connectivity index (χ0v) is 11.1. The molecular weight excluding hydrogens is 243 g/mol. The molecular formula is C15H21FN2O. The Morgan fingerprint density at radius 3 is 2.63 bits per heavy atom. The molecule has 3 nitrogen and oxygen atoms in total. The molecule has 19 heavy (non-hydrogen) atoms. The van der Waals surface area contributed by atoms with E-state index in [1.54, 1.807) is 6.07 Å². The van der Waals surface area contributed by atoms with Gasteiger partial charge in [0.2, 0.25) is 0 Å². The highest BCUT2D eigenvalue weighted by Gasteiger charge is 2.22. The van der Waals surface area contributed by atoms with E-state index in [0.29, 0.717) is 6.04 Å². The molecule has 0 amide bonds. The smallest absolute Gasteiger partial charge is 0.123 e. The van der Waals surface area contributed by atoms with Gasteiger partial charge in [-0.2, -0.15) is 0 Å². The van der Waals surface area contributed by atoms with Crippen molar-refractivity contribution in [3.63, 3.8) is 0 Å². The fourth-order valence-corrected chi connectivity index (χ4v) is 2.65. The van der Waals surface area contributed by atoms with Crippen molar-refractivity contribution in [1.82, 2.24) is 5.32 Å². The van der Waals surface area contributed by atoms with Gasteiger partial charge in [0.1, 0.15) is 5.82 Å². The normalized spacial score (nSPS) is 20.8. The maximum atomic E-state index is 13.4. The van der Waals surface area contributed by atoms with Crippen LogP contribution in [0.2, 0.25) is 0 Å². The molecule has 0 spiro atoms. The molecule has 0 radical (unpaired) electrons. The second kappa shape index (κ2) is 5.47. The van der Waals surface area contributed by atoms with Crippen LogP contribution >= 0.6 is 0 Å². The first kappa shape index (κ1) is 12.9. The Balaban J connectivity index is 1.74. The zero-order valence-electron chi connectivity index (χ0n) is 11.1. The van der Waals surface area contributed by atoms with Crippen LogP contribution in [0.15, 0.2) is 18.2 Å². The number of aliphatic hydroxyl groups excluding tert-OH is 1. The lowest BCUT2D eigenvalue weighted by Gasteiger charge is -2.33. The number of nitrogens with one attached hydrogen (secondary N) is 1. The minimum atomic E-state index is -0.176. The molecule has 1 aromatic rings. The lowest BCUT2D eigenvalue weighted by atomic mass is 10.0. The van der Waals surface area contributed by atoms with Crippen molar-refractivity contribution in [2.75, 3.05) is 18.0 Å². The van der Waals surface area contributed by atoms with Gasteiger partial charge in [0.15, 0.2) is 0 Å². The summed E-state index contributed by atoms with van der Waals surface area (Å²) >= 11 is 0. The van der Waals surface area contributed by atoms with E-state index in [4.69, 9.17) is 0 Å². The average Bonchev–Trinajstić information content (AvgIpc) is 3.22. The van der Waals surface area contributed by atoms with Crippen LogP contribution in [0.4, 0.5) is 10.1 Å². The molecule has 3 rings (SSSR count). The van der Waals surface area contributed by atoms with E-state index >= 15 is 0 Å². The van der Waals surface area contributed by atoms with E-state index in [1.807, 2.05) is 6.07 Å². The van der Waals surface area contributed by atoms with Crippen molar-refractivity contribution in [3.05, 3.63) is 29.6 Å². The van der Waals surface area contributed by atoms with Gasteiger partial charge >= 0.3 is 0 Å². The molecule has 1 saturated carbocycles. The minimum Gasteiger partial charge on any atom is -0.393 e. The number of hydrogen-bond acceptors (Lipinski definition) is 3. The third-order valence-electron chi connectivity index (χ3n) is 4.01. The molecule has 0 bridgehead atoms. The van der Waals surface area contributed by atoms with E-state index in [2.05, 4.69) is 10.2 Å². The van der Waals surface area contributed by atoms with Gasteiger partial charge in [-0.05, 0) is 49.4 Å². The van der Waals surface area contributed by atoms with Crippen molar-refractivity contribution in [3.8, 4) is 0 Å².